The van der Waals surface area contributed by atoms with Gasteiger partial charge in [0.25, 0.3) is 5.56 Å². The van der Waals surface area contributed by atoms with Crippen LogP contribution in [0.5, 0.6) is 0 Å². The van der Waals surface area contributed by atoms with Gasteiger partial charge >= 0.3 is 0 Å². The molecule has 2 heterocycles. The van der Waals surface area contributed by atoms with Crippen molar-refractivity contribution < 1.29 is 17.6 Å². The van der Waals surface area contributed by atoms with Crippen molar-refractivity contribution in [3.63, 3.8) is 0 Å². The van der Waals surface area contributed by atoms with Gasteiger partial charge in [0.1, 0.15) is 11.1 Å². The van der Waals surface area contributed by atoms with E-state index in [1.807, 2.05) is 0 Å². The van der Waals surface area contributed by atoms with Crippen molar-refractivity contribution in [2.75, 3.05) is 5.32 Å². The third-order valence-corrected chi connectivity index (χ3v) is 6.49. The van der Waals surface area contributed by atoms with Crippen molar-refractivity contribution in [3.8, 4) is 0 Å². The molecule has 136 valence electrons. The van der Waals surface area contributed by atoms with Crippen molar-refractivity contribution in [2.24, 2.45) is 0 Å². The molecule has 1 unspecified atom stereocenters. The monoisotopic (exact) mass is 395 g/mol. The average molecular weight is 395 g/mol. The number of thiazole rings is 1. The van der Waals surface area contributed by atoms with Gasteiger partial charge in [0.2, 0.25) is 5.91 Å². The normalized spacial score (nSPS) is 12.8. The van der Waals surface area contributed by atoms with Gasteiger partial charge in [-0.25, -0.2) is 17.8 Å². The Balaban J connectivity index is 1.81. The highest BCUT2D eigenvalue weighted by atomic mass is 32.2. The van der Waals surface area contributed by atoms with Crippen LogP contribution in [0.2, 0.25) is 0 Å². The van der Waals surface area contributed by atoms with Crippen LogP contribution in [0.15, 0.2) is 46.7 Å². The van der Waals surface area contributed by atoms with Crippen molar-refractivity contribution in [3.05, 3.63) is 63.8 Å². The standard InChI is InChI=1S/C16H14FN3O4S2/c1-10(15(22)19-13-5-3-2-4-12(13)17)26(23,24)9-11-8-14(21)20-6-7-25-16(20)18-11/h2-8,10H,9H2,1H3,(H,19,22). The molecule has 0 fully saturated rings. The topological polar surface area (TPSA) is 97.6 Å². The van der Waals surface area contributed by atoms with Gasteiger partial charge in [-0.3, -0.25) is 14.0 Å². The van der Waals surface area contributed by atoms with Crippen LogP contribution < -0.4 is 10.9 Å². The summed E-state index contributed by atoms with van der Waals surface area (Å²) in [6, 6.07) is 6.59. The molecule has 0 bridgehead atoms. The average Bonchev–Trinajstić information content (AvgIpc) is 3.04. The number of nitrogens with zero attached hydrogens (tertiary/aromatic N) is 2. The van der Waals surface area contributed by atoms with Crippen LogP contribution in [0.4, 0.5) is 10.1 Å². The van der Waals surface area contributed by atoms with Crippen molar-refractivity contribution >= 4 is 37.7 Å². The van der Waals surface area contributed by atoms with Crippen molar-refractivity contribution in [2.45, 2.75) is 17.9 Å². The molecule has 0 radical (unpaired) electrons. The van der Waals surface area contributed by atoms with Crippen LogP contribution in [0.3, 0.4) is 0 Å². The Morgan fingerprint density at radius 2 is 2.12 bits per heavy atom. The predicted octanol–water partition coefficient (Wildman–Crippen LogP) is 1.84. The van der Waals surface area contributed by atoms with E-state index >= 15 is 0 Å². The molecule has 1 aromatic carbocycles. The molecule has 0 spiro atoms. The third kappa shape index (κ3) is 3.65. The number of carbonyl (C=O) groups is 1. The Labute approximate surface area is 152 Å². The second-order valence-corrected chi connectivity index (χ2v) is 8.75. The van der Waals surface area contributed by atoms with Gasteiger partial charge in [-0.2, -0.15) is 0 Å². The van der Waals surface area contributed by atoms with Gasteiger partial charge in [-0.05, 0) is 19.1 Å². The van der Waals surface area contributed by atoms with Gasteiger partial charge in [0, 0.05) is 17.6 Å². The van der Waals surface area contributed by atoms with Crippen LogP contribution >= 0.6 is 11.3 Å². The Bertz CT molecular complexity index is 1140. The zero-order chi connectivity index (χ0) is 18.9. The van der Waals surface area contributed by atoms with E-state index in [1.54, 1.807) is 5.38 Å². The number of carbonyl (C=O) groups excluding carboxylic acids is 1. The highest BCUT2D eigenvalue weighted by Crippen LogP contribution is 2.16. The molecule has 1 atom stereocenters. The number of rotatable bonds is 5. The lowest BCUT2D eigenvalue weighted by Gasteiger charge is -2.13. The Hall–Kier alpha value is -2.59. The maximum atomic E-state index is 13.6. The highest BCUT2D eigenvalue weighted by Gasteiger charge is 2.29. The zero-order valence-electron chi connectivity index (χ0n) is 13.5. The predicted molar refractivity (Wildman–Crippen MR) is 96.5 cm³/mol. The van der Waals surface area contributed by atoms with E-state index in [2.05, 4.69) is 10.3 Å². The SMILES string of the molecule is CC(C(=O)Nc1ccccc1F)S(=O)(=O)Cc1cc(=O)n2ccsc2n1. The van der Waals surface area contributed by atoms with Crippen LogP contribution in [-0.2, 0) is 20.4 Å². The summed E-state index contributed by atoms with van der Waals surface area (Å²) in [5.41, 5.74) is -0.441. The van der Waals surface area contributed by atoms with Crippen LogP contribution in [0.1, 0.15) is 12.6 Å². The smallest absolute Gasteiger partial charge is 0.258 e. The number of amides is 1. The number of halogens is 1. The number of hydrogen-bond donors (Lipinski definition) is 1. The first-order chi connectivity index (χ1) is 12.3. The molecule has 0 aliphatic rings. The minimum Gasteiger partial charge on any atom is -0.322 e. The number of aromatic nitrogens is 2. The number of anilines is 1. The highest BCUT2D eigenvalue weighted by molar-refractivity contribution is 7.92. The molecule has 3 aromatic rings. The molecule has 0 saturated heterocycles. The summed E-state index contributed by atoms with van der Waals surface area (Å²) in [5, 5.41) is 2.48. The fourth-order valence-electron chi connectivity index (χ4n) is 2.25. The summed E-state index contributed by atoms with van der Waals surface area (Å²) in [5.74, 6) is -2.09. The quantitative estimate of drug-likeness (QED) is 0.711. The van der Waals surface area contributed by atoms with E-state index in [-0.39, 0.29) is 11.4 Å². The minimum atomic E-state index is -3.95. The first-order valence-electron chi connectivity index (χ1n) is 7.51. The van der Waals surface area contributed by atoms with Crippen molar-refractivity contribution in [1.29, 1.82) is 0 Å². The Kier molecular flexibility index (Phi) is 4.88. The molecule has 3 rings (SSSR count). The molecule has 10 heteroatoms. The van der Waals surface area contributed by atoms with Gasteiger partial charge in [0.15, 0.2) is 14.8 Å². The third-order valence-electron chi connectivity index (χ3n) is 3.74. The minimum absolute atomic E-state index is 0.0583. The van der Waals surface area contributed by atoms with E-state index in [0.717, 1.165) is 12.1 Å². The number of benzene rings is 1. The number of nitrogens with one attached hydrogen (secondary N) is 1. The second-order valence-electron chi connectivity index (χ2n) is 5.56. The number of sulfone groups is 1. The van der Waals surface area contributed by atoms with Gasteiger partial charge in [0.05, 0.1) is 17.1 Å². The van der Waals surface area contributed by atoms with E-state index in [0.29, 0.717) is 4.96 Å². The Morgan fingerprint density at radius 1 is 1.38 bits per heavy atom. The first kappa shape index (κ1) is 18.2. The molecule has 26 heavy (non-hydrogen) atoms. The molecule has 7 nitrogen and oxygen atoms in total. The summed E-state index contributed by atoms with van der Waals surface area (Å²) < 4.78 is 39.9. The van der Waals surface area contributed by atoms with Gasteiger partial charge < -0.3 is 5.32 Å². The summed E-state index contributed by atoms with van der Waals surface area (Å²) >= 11 is 1.20. The molecule has 1 N–H and O–H groups in total. The summed E-state index contributed by atoms with van der Waals surface area (Å²) in [7, 11) is -3.95. The molecular weight excluding hydrogens is 381 g/mol. The van der Waals surface area contributed by atoms with Crippen LogP contribution in [0.25, 0.3) is 4.96 Å². The van der Waals surface area contributed by atoms with Crippen LogP contribution in [-0.4, -0.2) is 29.0 Å². The summed E-state index contributed by atoms with van der Waals surface area (Å²) in [6.45, 7) is 1.21. The number of fused-ring (bicyclic) bond motifs is 1. The molecule has 2 aromatic heterocycles. The first-order valence-corrected chi connectivity index (χ1v) is 10.1. The summed E-state index contributed by atoms with van der Waals surface area (Å²) in [6.07, 6.45) is 1.54. The molecule has 0 aliphatic carbocycles. The lowest BCUT2D eigenvalue weighted by Crippen LogP contribution is -2.34. The van der Waals surface area contributed by atoms with E-state index in [9.17, 15) is 22.4 Å². The second kappa shape index (κ2) is 6.96. The number of para-hydroxylation sites is 1. The lowest BCUT2D eigenvalue weighted by atomic mass is 10.3. The molecule has 1 amide bonds. The fraction of sp³-hybridized carbons (Fsp3) is 0.188. The van der Waals surface area contributed by atoms with E-state index < -0.39 is 38.1 Å². The van der Waals surface area contributed by atoms with Gasteiger partial charge in [-0.15, -0.1) is 11.3 Å². The van der Waals surface area contributed by atoms with Crippen molar-refractivity contribution in [1.82, 2.24) is 9.38 Å². The zero-order valence-corrected chi connectivity index (χ0v) is 15.2. The largest absolute Gasteiger partial charge is 0.322 e. The maximum Gasteiger partial charge on any atom is 0.258 e. The number of hydrogen-bond acceptors (Lipinski definition) is 6. The van der Waals surface area contributed by atoms with Crippen LogP contribution in [0, 0.1) is 5.82 Å². The van der Waals surface area contributed by atoms with Gasteiger partial charge in [-0.1, -0.05) is 12.1 Å². The summed E-state index contributed by atoms with van der Waals surface area (Å²) in [4.78, 5) is 28.6. The molecule has 0 aliphatic heterocycles. The lowest BCUT2D eigenvalue weighted by molar-refractivity contribution is -0.115. The Morgan fingerprint density at radius 3 is 2.85 bits per heavy atom. The fourth-order valence-corrected chi connectivity index (χ4v) is 4.19. The molecule has 0 saturated carbocycles. The van der Waals surface area contributed by atoms with E-state index in [1.165, 1.54) is 47.1 Å². The molecular formula is C16H14FN3O4S2. The maximum absolute atomic E-state index is 13.6. The van der Waals surface area contributed by atoms with E-state index in [4.69, 9.17) is 0 Å².